The molecule has 12 heteroatoms. The van der Waals surface area contributed by atoms with E-state index < -0.39 is 12.1 Å². The molecule has 190 valence electrons. The number of rotatable bonds is 15. The standard InChI is InChI=1S/C23H30N4O5S3/c1-32-20-21(25-11-10-24-20)33-13-4-2-3-5-17(28)8-6-16-7-9-19(29)27(16)12-14-34-23-26-18(15-35-23)22(30)31/h6,8,10-11,15-17,28H,2-5,7,9,12-14H2,1H3,(H,30,31)/b8-6+/t16-,17-/m0/s1. The first-order chi connectivity index (χ1) is 17.0. The number of ether oxygens (including phenoxy) is 1. The Hall–Kier alpha value is -2.15. The molecule has 0 saturated carbocycles. The molecule has 3 heterocycles. The summed E-state index contributed by atoms with van der Waals surface area (Å²) in [5, 5.41) is 21.6. The summed E-state index contributed by atoms with van der Waals surface area (Å²) < 4.78 is 5.89. The average molecular weight is 539 g/mol. The minimum Gasteiger partial charge on any atom is -0.479 e. The fourth-order valence-electron chi connectivity index (χ4n) is 3.60. The highest BCUT2D eigenvalue weighted by molar-refractivity contribution is 8.01. The first-order valence-corrected chi connectivity index (χ1v) is 14.3. The van der Waals surface area contributed by atoms with E-state index in [9.17, 15) is 14.7 Å². The predicted octanol–water partition coefficient (Wildman–Crippen LogP) is 3.99. The van der Waals surface area contributed by atoms with Gasteiger partial charge in [0.1, 0.15) is 0 Å². The molecule has 0 radical (unpaired) electrons. The number of carbonyl (C=O) groups excluding carboxylic acids is 1. The molecule has 1 fully saturated rings. The van der Waals surface area contributed by atoms with Crippen molar-refractivity contribution in [2.24, 2.45) is 0 Å². The number of carboxylic acids is 1. The van der Waals surface area contributed by atoms with Gasteiger partial charge in [-0.2, -0.15) is 0 Å². The van der Waals surface area contributed by atoms with Crippen molar-refractivity contribution in [3.8, 4) is 5.88 Å². The summed E-state index contributed by atoms with van der Waals surface area (Å²) >= 11 is 4.37. The summed E-state index contributed by atoms with van der Waals surface area (Å²) in [6, 6.07) is -0.0120. The highest BCUT2D eigenvalue weighted by Crippen LogP contribution is 2.26. The Labute approximate surface area is 217 Å². The molecule has 9 nitrogen and oxygen atoms in total. The first-order valence-electron chi connectivity index (χ1n) is 11.4. The van der Waals surface area contributed by atoms with Crippen molar-refractivity contribution in [2.75, 3.05) is 25.2 Å². The van der Waals surface area contributed by atoms with E-state index in [0.717, 1.165) is 36.5 Å². The Balaban J connectivity index is 1.33. The van der Waals surface area contributed by atoms with Crippen LogP contribution >= 0.6 is 34.9 Å². The number of aromatic carboxylic acids is 1. The van der Waals surface area contributed by atoms with Crippen LogP contribution < -0.4 is 4.74 Å². The second-order valence-corrected chi connectivity index (χ2v) is 11.2. The average Bonchev–Trinajstić information content (AvgIpc) is 3.47. The quantitative estimate of drug-likeness (QED) is 0.195. The Morgan fingerprint density at radius 3 is 2.89 bits per heavy atom. The number of amides is 1. The number of hydrogen-bond donors (Lipinski definition) is 2. The molecule has 1 aliphatic heterocycles. The molecule has 0 unspecified atom stereocenters. The second-order valence-electron chi connectivity index (χ2n) is 7.87. The van der Waals surface area contributed by atoms with E-state index in [4.69, 9.17) is 9.84 Å². The van der Waals surface area contributed by atoms with Crippen molar-refractivity contribution in [3.63, 3.8) is 0 Å². The monoisotopic (exact) mass is 538 g/mol. The number of methoxy groups -OCH3 is 1. The third kappa shape index (κ3) is 8.78. The Morgan fingerprint density at radius 1 is 1.29 bits per heavy atom. The van der Waals surface area contributed by atoms with Crippen LogP contribution in [0.3, 0.4) is 0 Å². The number of aliphatic hydroxyl groups excluding tert-OH is 1. The fourth-order valence-corrected chi connectivity index (χ4v) is 6.35. The number of unbranched alkanes of at least 4 members (excludes halogenated alkanes) is 2. The molecular formula is C23H30N4O5S3. The van der Waals surface area contributed by atoms with Gasteiger partial charge in [0.25, 0.3) is 0 Å². The van der Waals surface area contributed by atoms with E-state index in [0.29, 0.717) is 35.4 Å². The van der Waals surface area contributed by atoms with Crippen LogP contribution in [0.25, 0.3) is 0 Å². The lowest BCUT2D eigenvalue weighted by Crippen LogP contribution is -2.33. The van der Waals surface area contributed by atoms with Gasteiger partial charge in [0.05, 0.1) is 19.3 Å². The van der Waals surface area contributed by atoms with E-state index in [1.54, 1.807) is 31.3 Å². The molecule has 0 spiro atoms. The lowest BCUT2D eigenvalue weighted by Gasteiger charge is -2.22. The van der Waals surface area contributed by atoms with Crippen LogP contribution in [0.5, 0.6) is 5.88 Å². The normalized spacial score (nSPS) is 16.8. The summed E-state index contributed by atoms with van der Waals surface area (Å²) in [6.45, 7) is 0.560. The lowest BCUT2D eigenvalue weighted by atomic mass is 10.1. The van der Waals surface area contributed by atoms with Crippen molar-refractivity contribution < 1.29 is 24.5 Å². The Kier molecular flexibility index (Phi) is 11.3. The summed E-state index contributed by atoms with van der Waals surface area (Å²) in [6.07, 6.45) is 11.4. The molecule has 2 N–H and O–H groups in total. The molecule has 0 bridgehead atoms. The Bertz CT molecular complexity index is 1000. The molecule has 2 aromatic heterocycles. The van der Waals surface area contributed by atoms with E-state index in [-0.39, 0.29) is 17.6 Å². The first kappa shape index (κ1) is 27.4. The molecule has 0 aromatic carbocycles. The van der Waals surface area contributed by atoms with Gasteiger partial charge in [-0.05, 0) is 25.0 Å². The van der Waals surface area contributed by atoms with Gasteiger partial charge in [-0.15, -0.1) is 23.1 Å². The molecular weight excluding hydrogens is 508 g/mol. The number of hydrogen-bond acceptors (Lipinski definition) is 10. The molecule has 35 heavy (non-hydrogen) atoms. The van der Waals surface area contributed by atoms with E-state index >= 15 is 0 Å². The van der Waals surface area contributed by atoms with Crippen LogP contribution in [-0.2, 0) is 4.79 Å². The van der Waals surface area contributed by atoms with Crippen molar-refractivity contribution in [2.45, 2.75) is 60.0 Å². The lowest BCUT2D eigenvalue weighted by molar-refractivity contribution is -0.128. The van der Waals surface area contributed by atoms with Crippen molar-refractivity contribution >= 4 is 46.7 Å². The van der Waals surface area contributed by atoms with Crippen LogP contribution in [0.4, 0.5) is 0 Å². The minimum absolute atomic E-state index is 0.0120. The Morgan fingerprint density at radius 2 is 2.11 bits per heavy atom. The number of nitrogens with zero attached hydrogens (tertiary/aromatic N) is 4. The maximum absolute atomic E-state index is 12.3. The third-order valence-corrected chi connectivity index (χ3v) is 8.45. The summed E-state index contributed by atoms with van der Waals surface area (Å²) in [4.78, 5) is 37.6. The van der Waals surface area contributed by atoms with E-state index in [2.05, 4.69) is 15.0 Å². The van der Waals surface area contributed by atoms with Gasteiger partial charge in [-0.3, -0.25) is 4.79 Å². The van der Waals surface area contributed by atoms with Crippen LogP contribution in [0, 0.1) is 0 Å². The van der Waals surface area contributed by atoms with Gasteiger partial charge in [-0.25, -0.2) is 19.7 Å². The van der Waals surface area contributed by atoms with Crippen molar-refractivity contribution in [3.05, 3.63) is 35.6 Å². The number of aliphatic hydroxyl groups is 1. The van der Waals surface area contributed by atoms with Gasteiger partial charge in [0, 0.05) is 36.5 Å². The highest BCUT2D eigenvalue weighted by Gasteiger charge is 2.28. The number of aromatic nitrogens is 3. The SMILES string of the molecule is COc1nccnc1SCCCCC[C@H](O)/C=C/[C@H]1CCC(=O)N1CCSc1nc(C(=O)O)cs1. The summed E-state index contributed by atoms with van der Waals surface area (Å²) in [7, 11) is 1.59. The van der Waals surface area contributed by atoms with Crippen LogP contribution in [0.15, 0.2) is 39.3 Å². The fraction of sp³-hybridized carbons (Fsp3) is 0.522. The number of thiazole rings is 1. The molecule has 2 aromatic rings. The largest absolute Gasteiger partial charge is 0.479 e. The summed E-state index contributed by atoms with van der Waals surface area (Å²) in [5.74, 6) is 1.18. The van der Waals surface area contributed by atoms with Crippen LogP contribution in [-0.4, -0.2) is 79.2 Å². The molecule has 2 atom stereocenters. The van der Waals surface area contributed by atoms with Gasteiger partial charge in [-0.1, -0.05) is 36.8 Å². The van der Waals surface area contributed by atoms with Crippen LogP contribution in [0.1, 0.15) is 49.0 Å². The van der Waals surface area contributed by atoms with Gasteiger partial charge in [0.2, 0.25) is 11.8 Å². The molecule has 3 rings (SSSR count). The maximum atomic E-state index is 12.3. The van der Waals surface area contributed by atoms with E-state index in [1.807, 2.05) is 17.1 Å². The molecule has 1 aliphatic rings. The summed E-state index contributed by atoms with van der Waals surface area (Å²) in [5.41, 5.74) is 0.0500. The molecule has 0 aliphatic carbocycles. The number of carboxylic acid groups (broad SMARTS) is 1. The van der Waals surface area contributed by atoms with Crippen molar-refractivity contribution in [1.29, 1.82) is 0 Å². The zero-order chi connectivity index (χ0) is 25.0. The zero-order valence-electron chi connectivity index (χ0n) is 19.5. The van der Waals surface area contributed by atoms with Gasteiger partial charge in [0.15, 0.2) is 15.1 Å². The molecule has 1 saturated heterocycles. The van der Waals surface area contributed by atoms with Crippen LogP contribution in [0.2, 0.25) is 0 Å². The predicted molar refractivity (Wildman–Crippen MR) is 137 cm³/mol. The molecule has 1 amide bonds. The van der Waals surface area contributed by atoms with E-state index in [1.165, 1.54) is 28.5 Å². The van der Waals surface area contributed by atoms with Crippen molar-refractivity contribution in [1.82, 2.24) is 19.9 Å². The second kappa shape index (κ2) is 14.4. The number of carbonyl (C=O) groups is 2. The minimum atomic E-state index is -1.03. The van der Waals surface area contributed by atoms with Gasteiger partial charge >= 0.3 is 5.97 Å². The van der Waals surface area contributed by atoms with Gasteiger partial charge < -0.3 is 19.8 Å². The number of likely N-dealkylation sites (tertiary alicyclic amines) is 1. The third-order valence-electron chi connectivity index (χ3n) is 5.40. The number of thioether (sulfide) groups is 2. The smallest absolute Gasteiger partial charge is 0.355 e. The zero-order valence-corrected chi connectivity index (χ0v) is 22.0. The maximum Gasteiger partial charge on any atom is 0.355 e. The topological polar surface area (TPSA) is 126 Å². The highest BCUT2D eigenvalue weighted by atomic mass is 32.2.